The lowest BCUT2D eigenvalue weighted by molar-refractivity contribution is -0.121. The highest BCUT2D eigenvalue weighted by molar-refractivity contribution is 5.80. The summed E-state index contributed by atoms with van der Waals surface area (Å²) >= 11 is 0. The van der Waals surface area contributed by atoms with Crippen LogP contribution >= 0.6 is 0 Å². The zero-order valence-electron chi connectivity index (χ0n) is 14.9. The second kappa shape index (κ2) is 7.82. The summed E-state index contributed by atoms with van der Waals surface area (Å²) in [6, 6.07) is 13.0. The van der Waals surface area contributed by atoms with Gasteiger partial charge in [-0.05, 0) is 36.2 Å². The van der Waals surface area contributed by atoms with Gasteiger partial charge in [-0.25, -0.2) is 4.98 Å². The summed E-state index contributed by atoms with van der Waals surface area (Å²) in [5.74, 6) is 0.630. The average Bonchev–Trinajstić information content (AvgIpc) is 2.66. The number of aromatic nitrogens is 2. The van der Waals surface area contributed by atoms with Gasteiger partial charge in [-0.1, -0.05) is 24.3 Å². The average molecular weight is 351 g/mol. The number of hydrogen-bond acceptors (Lipinski definition) is 4. The molecule has 0 radical (unpaired) electrons. The van der Waals surface area contributed by atoms with Crippen LogP contribution < -0.4 is 15.6 Å². The molecule has 1 aromatic heterocycles. The van der Waals surface area contributed by atoms with Crippen LogP contribution in [0.1, 0.15) is 17.5 Å². The molecule has 6 nitrogen and oxygen atoms in total. The molecule has 26 heavy (non-hydrogen) atoms. The monoisotopic (exact) mass is 351 g/mol. The molecule has 3 aromatic rings. The minimum atomic E-state index is -0.126. The summed E-state index contributed by atoms with van der Waals surface area (Å²) in [5.41, 5.74) is 2.50. The van der Waals surface area contributed by atoms with Gasteiger partial charge in [0.25, 0.3) is 5.56 Å². The molecule has 3 rings (SSSR count). The Hall–Kier alpha value is -3.15. The van der Waals surface area contributed by atoms with E-state index in [-0.39, 0.29) is 17.9 Å². The summed E-state index contributed by atoms with van der Waals surface area (Å²) in [6.45, 7) is 2.63. The Morgan fingerprint density at radius 3 is 2.85 bits per heavy atom. The van der Waals surface area contributed by atoms with E-state index in [1.54, 1.807) is 13.2 Å². The number of amides is 1. The highest BCUT2D eigenvalue weighted by atomic mass is 16.5. The number of rotatable bonds is 6. The number of benzene rings is 2. The third-order valence-electron chi connectivity index (χ3n) is 4.26. The first-order chi connectivity index (χ1) is 12.6. The van der Waals surface area contributed by atoms with E-state index >= 15 is 0 Å². The lowest BCUT2D eigenvalue weighted by Gasteiger charge is -2.09. The molecule has 0 spiro atoms. The lowest BCUT2D eigenvalue weighted by atomic mass is 10.1. The van der Waals surface area contributed by atoms with Gasteiger partial charge < -0.3 is 10.1 Å². The van der Waals surface area contributed by atoms with E-state index in [0.29, 0.717) is 24.0 Å². The maximum Gasteiger partial charge on any atom is 0.261 e. The van der Waals surface area contributed by atoms with Crippen molar-refractivity contribution in [1.82, 2.24) is 14.9 Å². The van der Waals surface area contributed by atoms with Gasteiger partial charge in [-0.3, -0.25) is 14.2 Å². The molecule has 1 heterocycles. The van der Waals surface area contributed by atoms with Crippen LogP contribution in [-0.2, 0) is 17.9 Å². The van der Waals surface area contributed by atoms with Crippen LogP contribution in [0.5, 0.6) is 5.75 Å². The van der Waals surface area contributed by atoms with Crippen molar-refractivity contribution in [2.24, 2.45) is 0 Å². The SMILES string of the molecule is COc1cccc(CNC(=O)CCn2cnc3c(C)cccc3c2=O)c1. The fraction of sp³-hybridized carbons (Fsp3) is 0.250. The molecule has 0 unspecified atom stereocenters. The smallest absolute Gasteiger partial charge is 0.261 e. The number of ether oxygens (including phenoxy) is 1. The van der Waals surface area contributed by atoms with Crippen LogP contribution in [0.15, 0.2) is 53.6 Å². The van der Waals surface area contributed by atoms with E-state index in [1.807, 2.05) is 43.3 Å². The third kappa shape index (κ3) is 3.91. The van der Waals surface area contributed by atoms with E-state index in [1.165, 1.54) is 10.9 Å². The Morgan fingerprint density at radius 1 is 1.23 bits per heavy atom. The van der Waals surface area contributed by atoms with E-state index in [2.05, 4.69) is 10.3 Å². The van der Waals surface area contributed by atoms with Crippen LogP contribution in [0, 0.1) is 6.92 Å². The summed E-state index contributed by atoms with van der Waals surface area (Å²) < 4.78 is 6.65. The number of para-hydroxylation sites is 1. The Labute approximate surface area is 151 Å². The molecule has 1 amide bonds. The molecule has 0 saturated carbocycles. The van der Waals surface area contributed by atoms with Gasteiger partial charge in [0.15, 0.2) is 0 Å². The number of carbonyl (C=O) groups excluding carboxylic acids is 1. The number of hydrogen-bond donors (Lipinski definition) is 1. The second-order valence-electron chi connectivity index (χ2n) is 6.09. The standard InChI is InChI=1S/C20H21N3O3/c1-14-5-3-8-17-19(14)22-13-23(20(17)25)10-9-18(24)21-12-15-6-4-7-16(11-15)26-2/h3-8,11,13H,9-10,12H2,1-2H3,(H,21,24). The van der Waals surface area contributed by atoms with Gasteiger partial charge in [0.2, 0.25) is 5.91 Å². The van der Waals surface area contributed by atoms with Crippen molar-refractivity contribution in [2.45, 2.75) is 26.4 Å². The number of methoxy groups -OCH3 is 1. The molecular weight excluding hydrogens is 330 g/mol. The minimum absolute atomic E-state index is 0.121. The Balaban J connectivity index is 1.62. The molecule has 0 saturated heterocycles. The molecular formula is C20H21N3O3. The zero-order valence-corrected chi connectivity index (χ0v) is 14.9. The third-order valence-corrected chi connectivity index (χ3v) is 4.26. The van der Waals surface area contributed by atoms with E-state index in [0.717, 1.165) is 16.9 Å². The fourth-order valence-corrected chi connectivity index (χ4v) is 2.79. The fourth-order valence-electron chi connectivity index (χ4n) is 2.79. The molecule has 0 aliphatic heterocycles. The number of carbonyl (C=O) groups is 1. The Morgan fingerprint density at radius 2 is 2.04 bits per heavy atom. The highest BCUT2D eigenvalue weighted by Crippen LogP contribution is 2.13. The number of nitrogens with zero attached hydrogens (tertiary/aromatic N) is 2. The van der Waals surface area contributed by atoms with E-state index in [4.69, 9.17) is 4.74 Å². The predicted octanol–water partition coefficient (Wildman–Crippen LogP) is 2.42. The predicted molar refractivity (Wildman–Crippen MR) is 100 cm³/mol. The molecule has 0 aliphatic carbocycles. The van der Waals surface area contributed by atoms with E-state index in [9.17, 15) is 9.59 Å². The largest absolute Gasteiger partial charge is 0.497 e. The quantitative estimate of drug-likeness (QED) is 0.740. The number of nitrogens with one attached hydrogen (secondary N) is 1. The Bertz CT molecular complexity index is 995. The van der Waals surface area contributed by atoms with Crippen LogP contribution in [0.3, 0.4) is 0 Å². The molecule has 2 aromatic carbocycles. The first kappa shape index (κ1) is 17.7. The lowest BCUT2D eigenvalue weighted by Crippen LogP contribution is -2.27. The summed E-state index contributed by atoms with van der Waals surface area (Å²) in [4.78, 5) is 29.0. The van der Waals surface area contributed by atoms with E-state index < -0.39 is 0 Å². The first-order valence-electron chi connectivity index (χ1n) is 8.43. The van der Waals surface area contributed by atoms with Crippen molar-refractivity contribution in [3.8, 4) is 5.75 Å². The van der Waals surface area contributed by atoms with Crippen molar-refractivity contribution >= 4 is 16.8 Å². The van der Waals surface area contributed by atoms with Gasteiger partial charge in [-0.2, -0.15) is 0 Å². The summed E-state index contributed by atoms with van der Waals surface area (Å²) in [7, 11) is 1.61. The Kier molecular flexibility index (Phi) is 5.31. The maximum atomic E-state index is 12.5. The van der Waals surface area contributed by atoms with Gasteiger partial charge in [0.1, 0.15) is 5.75 Å². The second-order valence-corrected chi connectivity index (χ2v) is 6.09. The molecule has 134 valence electrons. The van der Waals surface area contributed by atoms with Crippen LogP contribution in [0.4, 0.5) is 0 Å². The normalized spacial score (nSPS) is 10.7. The first-order valence-corrected chi connectivity index (χ1v) is 8.43. The summed E-state index contributed by atoms with van der Waals surface area (Å²) in [5, 5.41) is 3.43. The van der Waals surface area contributed by atoms with Crippen LogP contribution in [0.25, 0.3) is 10.9 Å². The van der Waals surface area contributed by atoms with Gasteiger partial charge in [0, 0.05) is 19.5 Å². The van der Waals surface area contributed by atoms with Crippen molar-refractivity contribution in [3.63, 3.8) is 0 Å². The number of aryl methyl sites for hydroxylation is 2. The number of fused-ring (bicyclic) bond motifs is 1. The molecule has 0 bridgehead atoms. The van der Waals surface area contributed by atoms with Crippen molar-refractivity contribution < 1.29 is 9.53 Å². The van der Waals surface area contributed by atoms with Crippen LogP contribution in [-0.4, -0.2) is 22.6 Å². The van der Waals surface area contributed by atoms with Gasteiger partial charge in [0.05, 0.1) is 24.3 Å². The topological polar surface area (TPSA) is 73.2 Å². The van der Waals surface area contributed by atoms with Gasteiger partial charge in [-0.15, -0.1) is 0 Å². The molecule has 6 heteroatoms. The summed E-state index contributed by atoms with van der Waals surface area (Å²) in [6.07, 6.45) is 1.72. The molecule has 1 N–H and O–H groups in total. The van der Waals surface area contributed by atoms with Crippen LogP contribution in [0.2, 0.25) is 0 Å². The van der Waals surface area contributed by atoms with Crippen molar-refractivity contribution in [2.75, 3.05) is 7.11 Å². The maximum absolute atomic E-state index is 12.5. The van der Waals surface area contributed by atoms with Crippen molar-refractivity contribution in [3.05, 3.63) is 70.3 Å². The zero-order chi connectivity index (χ0) is 18.5. The molecule has 0 atom stereocenters. The van der Waals surface area contributed by atoms with Crippen molar-refractivity contribution in [1.29, 1.82) is 0 Å². The molecule has 0 aliphatic rings. The molecule has 0 fully saturated rings. The van der Waals surface area contributed by atoms with Gasteiger partial charge >= 0.3 is 0 Å². The highest BCUT2D eigenvalue weighted by Gasteiger charge is 2.08. The minimum Gasteiger partial charge on any atom is -0.497 e.